The molecule has 1 fully saturated rings. The molecule has 1 unspecified atom stereocenters. The van der Waals surface area contributed by atoms with E-state index < -0.39 is 0 Å². The summed E-state index contributed by atoms with van der Waals surface area (Å²) in [6.45, 7) is 0.546. The van der Waals surface area contributed by atoms with Gasteiger partial charge in [-0.1, -0.05) is 0 Å². The number of nitrogens with one attached hydrogen (secondary N) is 1. The number of hydrogen-bond donors (Lipinski definition) is 2. The van der Waals surface area contributed by atoms with Gasteiger partial charge in [0.25, 0.3) is 0 Å². The smallest absolute Gasteiger partial charge is 0.123 e. The summed E-state index contributed by atoms with van der Waals surface area (Å²) in [7, 11) is 1.56. The average molecular weight is 211 g/mol. The number of halogens is 1. The standard InChI is InChI=1S/C11H14FNO2/c1-15-11-3-2-7(12)4-9(11)10-5-8(14)6-13-10/h2-4,8,10,13-14H,5-6H2,1H3/t8?,10-/m1/s1. The van der Waals surface area contributed by atoms with Crippen molar-refractivity contribution in [3.8, 4) is 5.75 Å². The summed E-state index contributed by atoms with van der Waals surface area (Å²) in [5.74, 6) is 0.372. The maximum Gasteiger partial charge on any atom is 0.123 e. The third kappa shape index (κ3) is 2.11. The van der Waals surface area contributed by atoms with Crippen molar-refractivity contribution in [2.45, 2.75) is 18.6 Å². The Morgan fingerprint density at radius 2 is 2.33 bits per heavy atom. The number of hydrogen-bond acceptors (Lipinski definition) is 3. The van der Waals surface area contributed by atoms with Gasteiger partial charge in [0.15, 0.2) is 0 Å². The lowest BCUT2D eigenvalue weighted by Gasteiger charge is -2.14. The number of ether oxygens (including phenoxy) is 1. The van der Waals surface area contributed by atoms with Crippen molar-refractivity contribution in [1.29, 1.82) is 0 Å². The maximum absolute atomic E-state index is 13.1. The van der Waals surface area contributed by atoms with Crippen molar-refractivity contribution in [3.05, 3.63) is 29.6 Å². The van der Waals surface area contributed by atoms with Crippen LogP contribution >= 0.6 is 0 Å². The molecule has 1 aliphatic rings. The van der Waals surface area contributed by atoms with E-state index in [0.29, 0.717) is 18.7 Å². The first-order valence-electron chi connectivity index (χ1n) is 4.95. The molecule has 82 valence electrons. The SMILES string of the molecule is COc1ccc(F)cc1[C@H]1CC(O)CN1. The van der Waals surface area contributed by atoms with Crippen LogP contribution in [0.2, 0.25) is 0 Å². The Labute approximate surface area is 87.9 Å². The number of aliphatic hydroxyl groups is 1. The molecule has 1 heterocycles. The highest BCUT2D eigenvalue weighted by Gasteiger charge is 2.26. The van der Waals surface area contributed by atoms with Crippen molar-refractivity contribution >= 4 is 0 Å². The predicted octanol–water partition coefficient (Wildman–Crippen LogP) is 1.23. The summed E-state index contributed by atoms with van der Waals surface area (Å²) in [6, 6.07) is 4.41. The first-order valence-corrected chi connectivity index (χ1v) is 4.95. The molecule has 0 aromatic heterocycles. The second-order valence-electron chi connectivity index (χ2n) is 3.74. The number of methoxy groups -OCH3 is 1. The molecule has 1 saturated heterocycles. The van der Waals surface area contributed by atoms with Gasteiger partial charge in [-0.05, 0) is 24.6 Å². The molecule has 0 radical (unpaired) electrons. The molecule has 0 bridgehead atoms. The molecule has 2 N–H and O–H groups in total. The Bertz CT molecular complexity index is 356. The van der Waals surface area contributed by atoms with E-state index >= 15 is 0 Å². The summed E-state index contributed by atoms with van der Waals surface area (Å²) in [5.41, 5.74) is 0.772. The lowest BCUT2D eigenvalue weighted by Crippen LogP contribution is -2.15. The number of benzene rings is 1. The predicted molar refractivity (Wildman–Crippen MR) is 54.3 cm³/mol. The van der Waals surface area contributed by atoms with Crippen LogP contribution in [0.5, 0.6) is 5.75 Å². The highest BCUT2D eigenvalue weighted by Crippen LogP contribution is 2.31. The minimum atomic E-state index is -0.358. The van der Waals surface area contributed by atoms with Crippen LogP contribution in [0.25, 0.3) is 0 Å². The van der Waals surface area contributed by atoms with Crippen LogP contribution in [0.4, 0.5) is 4.39 Å². The van der Waals surface area contributed by atoms with E-state index in [-0.39, 0.29) is 18.0 Å². The van der Waals surface area contributed by atoms with E-state index in [9.17, 15) is 9.50 Å². The minimum absolute atomic E-state index is 0.0225. The van der Waals surface area contributed by atoms with E-state index in [4.69, 9.17) is 4.74 Å². The second-order valence-corrected chi connectivity index (χ2v) is 3.74. The van der Waals surface area contributed by atoms with Crippen molar-refractivity contribution in [1.82, 2.24) is 5.32 Å². The molecule has 2 atom stereocenters. The third-order valence-electron chi connectivity index (χ3n) is 2.67. The normalized spacial score (nSPS) is 25.5. The Morgan fingerprint density at radius 1 is 1.53 bits per heavy atom. The largest absolute Gasteiger partial charge is 0.496 e. The molecule has 0 saturated carbocycles. The molecule has 2 rings (SSSR count). The fourth-order valence-electron chi connectivity index (χ4n) is 1.93. The first kappa shape index (κ1) is 10.4. The maximum atomic E-state index is 13.1. The van der Waals surface area contributed by atoms with Gasteiger partial charge in [0.1, 0.15) is 11.6 Å². The van der Waals surface area contributed by atoms with Gasteiger partial charge in [-0.15, -0.1) is 0 Å². The van der Waals surface area contributed by atoms with Gasteiger partial charge >= 0.3 is 0 Å². The average Bonchev–Trinajstić information content (AvgIpc) is 2.65. The van der Waals surface area contributed by atoms with Crippen molar-refractivity contribution < 1.29 is 14.2 Å². The number of β-amino-alcohol motifs (C(OH)–C–C–N with tert-alkyl or cyclic N) is 1. The molecule has 0 aliphatic carbocycles. The van der Waals surface area contributed by atoms with Crippen molar-refractivity contribution in [2.75, 3.05) is 13.7 Å². The van der Waals surface area contributed by atoms with Crippen LogP contribution in [0.1, 0.15) is 18.0 Å². The van der Waals surface area contributed by atoms with E-state index in [1.54, 1.807) is 13.2 Å². The Kier molecular flexibility index (Phi) is 2.88. The topological polar surface area (TPSA) is 41.5 Å². The zero-order chi connectivity index (χ0) is 10.8. The van der Waals surface area contributed by atoms with Crippen LogP contribution < -0.4 is 10.1 Å². The van der Waals surface area contributed by atoms with E-state index in [0.717, 1.165) is 5.56 Å². The Morgan fingerprint density at radius 3 is 2.93 bits per heavy atom. The molecule has 1 aromatic rings. The Balaban J connectivity index is 2.29. The van der Waals surface area contributed by atoms with Gasteiger partial charge in [0.05, 0.1) is 13.2 Å². The Hall–Kier alpha value is -1.13. The van der Waals surface area contributed by atoms with Gasteiger partial charge < -0.3 is 15.2 Å². The highest BCUT2D eigenvalue weighted by atomic mass is 19.1. The van der Waals surface area contributed by atoms with Crippen LogP contribution in [-0.2, 0) is 0 Å². The first-order chi connectivity index (χ1) is 7.20. The number of rotatable bonds is 2. The lowest BCUT2D eigenvalue weighted by atomic mass is 10.0. The van der Waals surface area contributed by atoms with Gasteiger partial charge in [-0.3, -0.25) is 0 Å². The molecule has 0 spiro atoms. The van der Waals surface area contributed by atoms with Gasteiger partial charge in [-0.2, -0.15) is 0 Å². The van der Waals surface area contributed by atoms with Crippen molar-refractivity contribution in [2.24, 2.45) is 0 Å². The summed E-state index contributed by atoms with van der Waals surface area (Å²) in [5, 5.41) is 12.5. The molecule has 0 amide bonds. The van der Waals surface area contributed by atoms with E-state index in [2.05, 4.69) is 5.32 Å². The monoisotopic (exact) mass is 211 g/mol. The molecule has 3 nitrogen and oxygen atoms in total. The third-order valence-corrected chi connectivity index (χ3v) is 2.67. The van der Waals surface area contributed by atoms with Crippen LogP contribution in [-0.4, -0.2) is 24.9 Å². The van der Waals surface area contributed by atoms with Gasteiger partial charge in [0, 0.05) is 18.2 Å². The number of aliphatic hydroxyl groups excluding tert-OH is 1. The summed E-state index contributed by atoms with van der Waals surface area (Å²) < 4.78 is 18.2. The fourth-order valence-corrected chi connectivity index (χ4v) is 1.93. The fraction of sp³-hybridized carbons (Fsp3) is 0.455. The van der Waals surface area contributed by atoms with Crippen LogP contribution in [0.3, 0.4) is 0 Å². The molecular weight excluding hydrogens is 197 g/mol. The van der Waals surface area contributed by atoms with Gasteiger partial charge in [0.2, 0.25) is 0 Å². The quantitative estimate of drug-likeness (QED) is 0.773. The van der Waals surface area contributed by atoms with Crippen molar-refractivity contribution in [3.63, 3.8) is 0 Å². The zero-order valence-electron chi connectivity index (χ0n) is 8.53. The van der Waals surface area contributed by atoms with E-state index in [1.807, 2.05) is 0 Å². The van der Waals surface area contributed by atoms with Crippen LogP contribution in [0, 0.1) is 5.82 Å². The minimum Gasteiger partial charge on any atom is -0.496 e. The van der Waals surface area contributed by atoms with Crippen LogP contribution in [0.15, 0.2) is 18.2 Å². The molecule has 15 heavy (non-hydrogen) atoms. The van der Waals surface area contributed by atoms with Gasteiger partial charge in [-0.25, -0.2) is 4.39 Å². The summed E-state index contributed by atoms with van der Waals surface area (Å²) in [4.78, 5) is 0. The lowest BCUT2D eigenvalue weighted by molar-refractivity contribution is 0.193. The van der Waals surface area contributed by atoms with E-state index in [1.165, 1.54) is 12.1 Å². The highest BCUT2D eigenvalue weighted by molar-refractivity contribution is 5.37. The summed E-state index contributed by atoms with van der Waals surface area (Å²) in [6.07, 6.45) is 0.239. The summed E-state index contributed by atoms with van der Waals surface area (Å²) >= 11 is 0. The molecule has 1 aliphatic heterocycles. The molecule has 1 aromatic carbocycles. The zero-order valence-corrected chi connectivity index (χ0v) is 8.53. The molecular formula is C11H14FNO2. The molecule has 4 heteroatoms. The second kappa shape index (κ2) is 4.16.